The van der Waals surface area contributed by atoms with Crippen LogP contribution in [0.2, 0.25) is 0 Å². The molecular formula is C17H23N3O2. The van der Waals surface area contributed by atoms with Crippen molar-refractivity contribution in [2.24, 2.45) is 0 Å². The summed E-state index contributed by atoms with van der Waals surface area (Å²) in [5.74, 6) is 0.501. The van der Waals surface area contributed by atoms with Crippen molar-refractivity contribution >= 4 is 11.6 Å². The second kappa shape index (κ2) is 7.75. The zero-order valence-electron chi connectivity index (χ0n) is 13.4. The fourth-order valence-electron chi connectivity index (χ4n) is 2.23. The summed E-state index contributed by atoms with van der Waals surface area (Å²) in [5.41, 5.74) is 2.93. The fraction of sp³-hybridized carbons (Fsp3) is 0.412. The van der Waals surface area contributed by atoms with E-state index >= 15 is 0 Å². The standard InChI is InChI=1S/C17H23N3O2/c1-4-13(2)14-5-7-15(8-6-14)18-17(21)12-20(3)11-16-9-10-22-19-16/h5-10,13H,4,11-12H2,1-3H3,(H,18,21). The normalized spacial score (nSPS) is 12.4. The van der Waals surface area contributed by atoms with Crippen LogP contribution >= 0.6 is 0 Å². The van der Waals surface area contributed by atoms with Gasteiger partial charge in [0.2, 0.25) is 5.91 Å². The van der Waals surface area contributed by atoms with Gasteiger partial charge in [0.25, 0.3) is 0 Å². The van der Waals surface area contributed by atoms with E-state index in [1.54, 1.807) is 6.07 Å². The van der Waals surface area contributed by atoms with Crippen LogP contribution in [0.1, 0.15) is 37.4 Å². The Morgan fingerprint density at radius 2 is 2.05 bits per heavy atom. The van der Waals surface area contributed by atoms with Gasteiger partial charge in [0, 0.05) is 18.3 Å². The highest BCUT2D eigenvalue weighted by molar-refractivity contribution is 5.92. The summed E-state index contributed by atoms with van der Waals surface area (Å²) in [7, 11) is 1.88. The Bertz CT molecular complexity index is 578. The van der Waals surface area contributed by atoms with Gasteiger partial charge in [0.1, 0.15) is 6.26 Å². The SMILES string of the molecule is CCC(C)c1ccc(NC(=O)CN(C)Cc2ccon2)cc1. The zero-order valence-corrected chi connectivity index (χ0v) is 13.4. The van der Waals surface area contributed by atoms with Crippen molar-refractivity contribution < 1.29 is 9.32 Å². The monoisotopic (exact) mass is 301 g/mol. The lowest BCUT2D eigenvalue weighted by molar-refractivity contribution is -0.117. The largest absolute Gasteiger partial charge is 0.364 e. The predicted octanol–water partition coefficient (Wildman–Crippen LogP) is 3.26. The lowest BCUT2D eigenvalue weighted by Gasteiger charge is -2.15. The minimum Gasteiger partial charge on any atom is -0.364 e. The predicted molar refractivity (Wildman–Crippen MR) is 86.6 cm³/mol. The Kier molecular flexibility index (Phi) is 5.72. The van der Waals surface area contributed by atoms with E-state index in [1.165, 1.54) is 11.8 Å². The third kappa shape index (κ3) is 4.70. The van der Waals surface area contributed by atoms with Crippen LogP contribution in [0, 0.1) is 0 Å². The number of benzene rings is 1. The van der Waals surface area contributed by atoms with E-state index in [9.17, 15) is 4.79 Å². The van der Waals surface area contributed by atoms with Crippen LogP contribution in [0.3, 0.4) is 0 Å². The van der Waals surface area contributed by atoms with Crippen molar-refractivity contribution in [3.8, 4) is 0 Å². The summed E-state index contributed by atoms with van der Waals surface area (Å²) in [6, 6.07) is 9.85. The summed E-state index contributed by atoms with van der Waals surface area (Å²) >= 11 is 0. The molecule has 1 aromatic heterocycles. The molecule has 118 valence electrons. The zero-order chi connectivity index (χ0) is 15.9. The van der Waals surface area contributed by atoms with E-state index in [0.29, 0.717) is 19.0 Å². The first-order chi connectivity index (χ1) is 10.6. The van der Waals surface area contributed by atoms with Crippen molar-refractivity contribution in [3.05, 3.63) is 47.9 Å². The van der Waals surface area contributed by atoms with Gasteiger partial charge >= 0.3 is 0 Å². The molecule has 0 aliphatic rings. The Morgan fingerprint density at radius 1 is 1.32 bits per heavy atom. The van der Waals surface area contributed by atoms with Crippen LogP contribution in [-0.4, -0.2) is 29.6 Å². The number of nitrogens with zero attached hydrogens (tertiary/aromatic N) is 2. The van der Waals surface area contributed by atoms with Gasteiger partial charge in [0.15, 0.2) is 0 Å². The Labute approximate surface area is 131 Å². The van der Waals surface area contributed by atoms with Crippen molar-refractivity contribution in [3.63, 3.8) is 0 Å². The summed E-state index contributed by atoms with van der Waals surface area (Å²) in [4.78, 5) is 13.9. The van der Waals surface area contributed by atoms with Crippen molar-refractivity contribution in [2.45, 2.75) is 32.7 Å². The first kappa shape index (κ1) is 16.2. The number of aromatic nitrogens is 1. The number of carbonyl (C=O) groups is 1. The number of anilines is 1. The van der Waals surface area contributed by atoms with Gasteiger partial charge < -0.3 is 9.84 Å². The van der Waals surface area contributed by atoms with Gasteiger partial charge in [-0.3, -0.25) is 9.69 Å². The Hall–Kier alpha value is -2.14. The van der Waals surface area contributed by atoms with E-state index < -0.39 is 0 Å². The van der Waals surface area contributed by atoms with Gasteiger partial charge in [-0.25, -0.2) is 0 Å². The topological polar surface area (TPSA) is 58.4 Å². The van der Waals surface area contributed by atoms with E-state index in [4.69, 9.17) is 4.52 Å². The van der Waals surface area contributed by atoms with Crippen LogP contribution in [-0.2, 0) is 11.3 Å². The van der Waals surface area contributed by atoms with Gasteiger partial charge in [-0.15, -0.1) is 0 Å². The third-order valence-corrected chi connectivity index (χ3v) is 3.71. The molecule has 2 rings (SSSR count). The van der Waals surface area contributed by atoms with Gasteiger partial charge in [-0.05, 0) is 37.1 Å². The Balaban J connectivity index is 1.83. The van der Waals surface area contributed by atoms with Gasteiger partial charge in [0.05, 0.1) is 12.2 Å². The minimum absolute atomic E-state index is 0.0396. The second-order valence-electron chi connectivity index (χ2n) is 5.64. The molecule has 0 saturated heterocycles. The molecular weight excluding hydrogens is 278 g/mol. The second-order valence-corrected chi connectivity index (χ2v) is 5.64. The van der Waals surface area contributed by atoms with E-state index in [2.05, 4.69) is 36.5 Å². The molecule has 0 aliphatic carbocycles. The molecule has 22 heavy (non-hydrogen) atoms. The molecule has 0 aliphatic heterocycles. The fourth-order valence-corrected chi connectivity index (χ4v) is 2.23. The first-order valence-electron chi connectivity index (χ1n) is 7.56. The maximum absolute atomic E-state index is 12.0. The summed E-state index contributed by atoms with van der Waals surface area (Å²) < 4.78 is 4.78. The van der Waals surface area contributed by atoms with Crippen molar-refractivity contribution in [1.29, 1.82) is 0 Å². The average Bonchev–Trinajstić information content (AvgIpc) is 2.99. The average molecular weight is 301 g/mol. The number of rotatable bonds is 7. The van der Waals surface area contributed by atoms with Crippen LogP contribution in [0.5, 0.6) is 0 Å². The van der Waals surface area contributed by atoms with E-state index in [1.807, 2.05) is 24.1 Å². The summed E-state index contributed by atoms with van der Waals surface area (Å²) in [6.45, 7) is 5.26. The van der Waals surface area contributed by atoms with Crippen LogP contribution < -0.4 is 5.32 Å². The van der Waals surface area contributed by atoms with Crippen LogP contribution in [0.4, 0.5) is 5.69 Å². The molecule has 0 radical (unpaired) electrons. The number of carbonyl (C=O) groups excluding carboxylic acids is 1. The number of hydrogen-bond acceptors (Lipinski definition) is 4. The summed E-state index contributed by atoms with van der Waals surface area (Å²) in [6.07, 6.45) is 2.64. The molecule has 0 saturated carbocycles. The lowest BCUT2D eigenvalue weighted by atomic mass is 9.99. The van der Waals surface area contributed by atoms with Gasteiger partial charge in [-0.1, -0.05) is 31.1 Å². The number of hydrogen-bond donors (Lipinski definition) is 1. The summed E-state index contributed by atoms with van der Waals surface area (Å²) in [5, 5.41) is 6.75. The van der Waals surface area contributed by atoms with E-state index in [0.717, 1.165) is 17.8 Å². The van der Waals surface area contributed by atoms with Gasteiger partial charge in [-0.2, -0.15) is 0 Å². The van der Waals surface area contributed by atoms with Crippen molar-refractivity contribution in [2.75, 3.05) is 18.9 Å². The van der Waals surface area contributed by atoms with E-state index in [-0.39, 0.29) is 5.91 Å². The maximum atomic E-state index is 12.0. The highest BCUT2D eigenvalue weighted by atomic mass is 16.5. The molecule has 1 aromatic carbocycles. The molecule has 5 nitrogen and oxygen atoms in total. The third-order valence-electron chi connectivity index (χ3n) is 3.71. The molecule has 5 heteroatoms. The molecule has 2 aromatic rings. The molecule has 1 unspecified atom stereocenters. The van der Waals surface area contributed by atoms with Crippen LogP contribution in [0.15, 0.2) is 41.1 Å². The van der Waals surface area contributed by atoms with Crippen molar-refractivity contribution in [1.82, 2.24) is 10.1 Å². The molecule has 1 N–H and O–H groups in total. The highest BCUT2D eigenvalue weighted by Crippen LogP contribution is 2.20. The number of nitrogens with one attached hydrogen (secondary N) is 1. The molecule has 1 heterocycles. The minimum atomic E-state index is -0.0396. The number of likely N-dealkylation sites (N-methyl/N-ethyl adjacent to an activating group) is 1. The van der Waals surface area contributed by atoms with Crippen LogP contribution in [0.25, 0.3) is 0 Å². The molecule has 1 amide bonds. The molecule has 1 atom stereocenters. The quantitative estimate of drug-likeness (QED) is 0.853. The molecule has 0 spiro atoms. The maximum Gasteiger partial charge on any atom is 0.238 e. The molecule has 0 fully saturated rings. The highest BCUT2D eigenvalue weighted by Gasteiger charge is 2.09. The lowest BCUT2D eigenvalue weighted by Crippen LogP contribution is -2.29. The number of amides is 1. The Morgan fingerprint density at radius 3 is 2.64 bits per heavy atom. The smallest absolute Gasteiger partial charge is 0.238 e. The first-order valence-corrected chi connectivity index (χ1v) is 7.56. The molecule has 0 bridgehead atoms.